The van der Waals surface area contributed by atoms with Gasteiger partial charge in [0.25, 0.3) is 5.91 Å². The van der Waals surface area contributed by atoms with Gasteiger partial charge in [-0.1, -0.05) is 6.07 Å². The van der Waals surface area contributed by atoms with Crippen LogP contribution >= 0.6 is 22.6 Å². The zero-order chi connectivity index (χ0) is 17.9. The van der Waals surface area contributed by atoms with Crippen LogP contribution in [0.15, 0.2) is 29.4 Å². The Hall–Kier alpha value is -2.16. The summed E-state index contributed by atoms with van der Waals surface area (Å²) in [6, 6.07) is 5.85. The standard InChI is InChI=1S/C17H16FIN2O3/c1-9-4-5-11(6-13(9)18)17(23)21-20-8-12-7-14(24-3)16(22)15(19)10(12)2/h4-8,22H,1-3H3,(H,21,23)/b20-8+. The highest BCUT2D eigenvalue weighted by molar-refractivity contribution is 14.1. The van der Waals surface area contributed by atoms with E-state index in [1.807, 2.05) is 29.5 Å². The first-order chi connectivity index (χ1) is 11.3. The second-order valence-electron chi connectivity index (χ2n) is 5.12. The Morgan fingerprint density at radius 2 is 2.08 bits per heavy atom. The van der Waals surface area contributed by atoms with Crippen LogP contribution in [0.3, 0.4) is 0 Å². The molecule has 2 N–H and O–H groups in total. The van der Waals surface area contributed by atoms with Crippen LogP contribution in [0, 0.1) is 23.2 Å². The van der Waals surface area contributed by atoms with Crippen LogP contribution in [0.1, 0.15) is 27.0 Å². The lowest BCUT2D eigenvalue weighted by Gasteiger charge is -2.10. The van der Waals surface area contributed by atoms with E-state index < -0.39 is 11.7 Å². The number of nitrogens with zero attached hydrogens (tertiary/aromatic N) is 1. The van der Waals surface area contributed by atoms with Gasteiger partial charge in [-0.3, -0.25) is 4.79 Å². The summed E-state index contributed by atoms with van der Waals surface area (Å²) < 4.78 is 19.2. The van der Waals surface area contributed by atoms with E-state index >= 15 is 0 Å². The van der Waals surface area contributed by atoms with E-state index in [0.717, 1.165) is 11.6 Å². The number of phenolic OH excluding ortho intramolecular Hbond substituents is 1. The molecule has 5 nitrogen and oxygen atoms in total. The van der Waals surface area contributed by atoms with Crippen molar-refractivity contribution in [2.24, 2.45) is 5.10 Å². The molecule has 0 bridgehead atoms. The summed E-state index contributed by atoms with van der Waals surface area (Å²) in [6.07, 6.45) is 1.45. The van der Waals surface area contributed by atoms with Crippen molar-refractivity contribution in [1.29, 1.82) is 0 Å². The molecular weight excluding hydrogens is 426 g/mol. The number of carbonyl (C=O) groups is 1. The van der Waals surface area contributed by atoms with Crippen molar-refractivity contribution in [3.63, 3.8) is 0 Å². The van der Waals surface area contributed by atoms with Gasteiger partial charge in [0, 0.05) is 11.1 Å². The number of halogens is 2. The first-order valence-electron chi connectivity index (χ1n) is 7.00. The summed E-state index contributed by atoms with van der Waals surface area (Å²) >= 11 is 2.00. The van der Waals surface area contributed by atoms with Crippen LogP contribution in [0.5, 0.6) is 11.5 Å². The number of carbonyl (C=O) groups excluding carboxylic acids is 1. The van der Waals surface area contributed by atoms with E-state index in [9.17, 15) is 14.3 Å². The molecule has 0 aliphatic carbocycles. The smallest absolute Gasteiger partial charge is 0.271 e. The Balaban J connectivity index is 2.18. The molecule has 0 heterocycles. The van der Waals surface area contributed by atoms with E-state index in [-0.39, 0.29) is 11.3 Å². The van der Waals surface area contributed by atoms with Gasteiger partial charge in [0.2, 0.25) is 0 Å². The SMILES string of the molecule is COc1cc(/C=N/NC(=O)c2ccc(C)c(F)c2)c(C)c(I)c1O. The molecule has 0 unspecified atom stereocenters. The number of hydrogen-bond donors (Lipinski definition) is 2. The second kappa shape index (κ2) is 7.61. The lowest BCUT2D eigenvalue weighted by Crippen LogP contribution is -2.18. The number of benzene rings is 2. The predicted octanol–water partition coefficient (Wildman–Crippen LogP) is 3.53. The first-order valence-corrected chi connectivity index (χ1v) is 8.08. The van der Waals surface area contributed by atoms with Crippen molar-refractivity contribution >= 4 is 34.7 Å². The third kappa shape index (κ3) is 3.84. The molecule has 1 amide bonds. The molecular formula is C17H16FIN2O3. The monoisotopic (exact) mass is 442 g/mol. The Labute approximate surface area is 152 Å². The molecule has 24 heavy (non-hydrogen) atoms. The van der Waals surface area contributed by atoms with Gasteiger partial charge in [-0.05, 0) is 65.8 Å². The van der Waals surface area contributed by atoms with Gasteiger partial charge in [0.1, 0.15) is 5.82 Å². The number of hydrazone groups is 1. The number of amides is 1. The van der Waals surface area contributed by atoms with E-state index in [1.165, 1.54) is 25.5 Å². The van der Waals surface area contributed by atoms with E-state index in [4.69, 9.17) is 4.74 Å². The largest absolute Gasteiger partial charge is 0.504 e. The fraction of sp³-hybridized carbons (Fsp3) is 0.176. The van der Waals surface area contributed by atoms with E-state index in [0.29, 0.717) is 20.4 Å². The Bertz CT molecular complexity index is 822. The van der Waals surface area contributed by atoms with Crippen molar-refractivity contribution in [3.05, 3.63) is 55.9 Å². The van der Waals surface area contributed by atoms with Crippen LogP contribution in [0.25, 0.3) is 0 Å². The van der Waals surface area contributed by atoms with Crippen molar-refractivity contribution in [2.75, 3.05) is 7.11 Å². The minimum Gasteiger partial charge on any atom is -0.504 e. The highest BCUT2D eigenvalue weighted by Crippen LogP contribution is 2.34. The fourth-order valence-electron chi connectivity index (χ4n) is 1.98. The summed E-state index contributed by atoms with van der Waals surface area (Å²) in [6.45, 7) is 3.44. The Morgan fingerprint density at radius 1 is 1.38 bits per heavy atom. The van der Waals surface area contributed by atoms with Crippen molar-refractivity contribution in [2.45, 2.75) is 13.8 Å². The van der Waals surface area contributed by atoms with Crippen molar-refractivity contribution in [3.8, 4) is 11.5 Å². The van der Waals surface area contributed by atoms with Crippen molar-refractivity contribution in [1.82, 2.24) is 5.43 Å². The third-order valence-corrected chi connectivity index (χ3v) is 4.83. The lowest BCUT2D eigenvalue weighted by atomic mass is 10.1. The van der Waals surface area contributed by atoms with Gasteiger partial charge in [-0.15, -0.1) is 0 Å². The summed E-state index contributed by atoms with van der Waals surface area (Å²) in [4.78, 5) is 12.0. The minimum absolute atomic E-state index is 0.0620. The maximum Gasteiger partial charge on any atom is 0.271 e. The molecule has 2 rings (SSSR count). The number of hydrogen-bond acceptors (Lipinski definition) is 4. The number of aryl methyl sites for hydroxylation is 1. The summed E-state index contributed by atoms with van der Waals surface area (Å²) in [7, 11) is 1.45. The van der Waals surface area contributed by atoms with E-state index in [2.05, 4.69) is 10.5 Å². The molecule has 2 aromatic rings. The van der Waals surface area contributed by atoms with Gasteiger partial charge < -0.3 is 9.84 Å². The molecule has 126 valence electrons. The maximum absolute atomic E-state index is 13.5. The topological polar surface area (TPSA) is 70.9 Å². The molecule has 0 aliphatic rings. The molecule has 0 saturated carbocycles. The minimum atomic E-state index is -0.511. The molecule has 0 aromatic heterocycles. The molecule has 2 aromatic carbocycles. The normalized spacial score (nSPS) is 10.9. The van der Waals surface area contributed by atoms with E-state index in [1.54, 1.807) is 13.0 Å². The molecule has 0 atom stereocenters. The van der Waals surface area contributed by atoms with Gasteiger partial charge in [0.05, 0.1) is 16.9 Å². The van der Waals surface area contributed by atoms with Crippen LogP contribution < -0.4 is 10.2 Å². The van der Waals surface area contributed by atoms with Crippen molar-refractivity contribution < 1.29 is 19.0 Å². The number of nitrogens with one attached hydrogen (secondary N) is 1. The summed E-state index contributed by atoms with van der Waals surface area (Å²) in [5, 5.41) is 13.8. The Kier molecular flexibility index (Phi) is 5.76. The first kappa shape index (κ1) is 18.2. The zero-order valence-electron chi connectivity index (χ0n) is 13.4. The molecule has 0 spiro atoms. The molecule has 0 saturated heterocycles. The zero-order valence-corrected chi connectivity index (χ0v) is 15.5. The fourth-order valence-corrected chi connectivity index (χ4v) is 2.56. The predicted molar refractivity (Wildman–Crippen MR) is 98.3 cm³/mol. The van der Waals surface area contributed by atoms with Crippen LogP contribution in [0.4, 0.5) is 4.39 Å². The highest BCUT2D eigenvalue weighted by atomic mass is 127. The number of rotatable bonds is 4. The van der Waals surface area contributed by atoms with Gasteiger partial charge in [-0.25, -0.2) is 9.82 Å². The highest BCUT2D eigenvalue weighted by Gasteiger charge is 2.12. The van der Waals surface area contributed by atoms with Gasteiger partial charge >= 0.3 is 0 Å². The second-order valence-corrected chi connectivity index (χ2v) is 6.20. The van der Waals surface area contributed by atoms with Crippen LogP contribution in [0.2, 0.25) is 0 Å². The quantitative estimate of drug-likeness (QED) is 0.433. The average molecular weight is 442 g/mol. The lowest BCUT2D eigenvalue weighted by molar-refractivity contribution is 0.0954. The molecule has 0 aliphatic heterocycles. The van der Waals surface area contributed by atoms with Crippen LogP contribution in [-0.2, 0) is 0 Å². The summed E-state index contributed by atoms with van der Waals surface area (Å²) in [5.41, 5.74) is 4.49. The summed E-state index contributed by atoms with van der Waals surface area (Å²) in [5.74, 6) is -0.575. The number of methoxy groups -OCH3 is 1. The maximum atomic E-state index is 13.5. The third-order valence-electron chi connectivity index (χ3n) is 3.51. The molecule has 0 radical (unpaired) electrons. The Morgan fingerprint density at radius 3 is 2.71 bits per heavy atom. The number of phenols is 1. The molecule has 7 heteroatoms. The average Bonchev–Trinajstić information content (AvgIpc) is 2.57. The van der Waals surface area contributed by atoms with Crippen LogP contribution in [-0.4, -0.2) is 24.3 Å². The van der Waals surface area contributed by atoms with Gasteiger partial charge in [0.15, 0.2) is 11.5 Å². The molecule has 0 fully saturated rings. The number of aromatic hydroxyl groups is 1. The van der Waals surface area contributed by atoms with Gasteiger partial charge in [-0.2, -0.15) is 5.10 Å². The number of ether oxygens (including phenoxy) is 1.